The molecule has 12 nitrogen and oxygen atoms in total. The highest BCUT2D eigenvalue weighted by atomic mass is 16.5. The van der Waals surface area contributed by atoms with Crippen molar-refractivity contribution >= 4 is 0 Å². The molecule has 0 radical (unpaired) electrons. The van der Waals surface area contributed by atoms with Gasteiger partial charge >= 0.3 is 0 Å². The minimum absolute atomic E-state index is 0.246. The van der Waals surface area contributed by atoms with Crippen LogP contribution in [0.1, 0.15) is 202 Å². The minimum Gasteiger partial charge on any atom is -0.375 e. The molecule has 0 bridgehead atoms. The molecule has 396 valence electrons. The van der Waals surface area contributed by atoms with Crippen molar-refractivity contribution in [3.63, 3.8) is 0 Å². The third-order valence-corrected chi connectivity index (χ3v) is 14.5. The molecule has 0 amide bonds. The van der Waals surface area contributed by atoms with Crippen LogP contribution in [-0.2, 0) is 28.4 Å². The molecule has 6 saturated heterocycles. The molecule has 6 fully saturated rings. The summed E-state index contributed by atoms with van der Waals surface area (Å²) >= 11 is 0. The van der Waals surface area contributed by atoms with Crippen LogP contribution in [0.2, 0.25) is 0 Å². The summed E-state index contributed by atoms with van der Waals surface area (Å²) in [6.07, 6.45) is 17.1. The van der Waals surface area contributed by atoms with Gasteiger partial charge in [-0.3, -0.25) is 0 Å². The SMILES string of the molecule is CC(C)[C@@H]1CC[C@H](N)C(C)O1.CC1C[C@@H](N)C[C@@H](C(C)C)O1.CC1C[C@@H](N)C[C@H](C(C)C)O1.CC1C[C@H](N)C[C@H](C(C)C)O1.CC1O[C@@H](C(C)C)CC[C@@H]1N.CC1O[C@@H](C(C)C)CC[C@H]1N. The van der Waals surface area contributed by atoms with Crippen molar-refractivity contribution < 1.29 is 28.4 Å². The fourth-order valence-corrected chi connectivity index (χ4v) is 9.56. The average molecular weight is 944 g/mol. The van der Waals surface area contributed by atoms with Crippen LogP contribution in [0.4, 0.5) is 0 Å². The summed E-state index contributed by atoms with van der Waals surface area (Å²) in [5.41, 5.74) is 35.1. The molecule has 6 aliphatic heterocycles. The largest absolute Gasteiger partial charge is 0.375 e. The zero-order chi connectivity index (χ0) is 50.6. The summed E-state index contributed by atoms with van der Waals surface area (Å²) in [6, 6.07) is 1.82. The highest BCUT2D eigenvalue weighted by Gasteiger charge is 2.31. The lowest BCUT2D eigenvalue weighted by molar-refractivity contribution is -0.0716. The topological polar surface area (TPSA) is 212 Å². The second kappa shape index (κ2) is 32.5. The second-order valence-electron chi connectivity index (χ2n) is 23.5. The highest BCUT2D eigenvalue weighted by Crippen LogP contribution is 2.27. The van der Waals surface area contributed by atoms with E-state index in [1.54, 1.807) is 0 Å². The summed E-state index contributed by atoms with van der Waals surface area (Å²) < 4.78 is 34.4. The summed E-state index contributed by atoms with van der Waals surface area (Å²) in [7, 11) is 0. The lowest BCUT2D eigenvalue weighted by Gasteiger charge is -2.34. The number of rotatable bonds is 6. The van der Waals surface area contributed by atoms with E-state index in [0.29, 0.717) is 109 Å². The third-order valence-electron chi connectivity index (χ3n) is 14.5. The van der Waals surface area contributed by atoms with Crippen molar-refractivity contribution in [1.82, 2.24) is 0 Å². The van der Waals surface area contributed by atoms with E-state index in [4.69, 9.17) is 62.8 Å². The second-order valence-corrected chi connectivity index (χ2v) is 23.5. The van der Waals surface area contributed by atoms with Crippen molar-refractivity contribution in [3.05, 3.63) is 0 Å². The van der Waals surface area contributed by atoms with Gasteiger partial charge in [0.15, 0.2) is 0 Å². The number of nitrogens with two attached hydrogens (primary N) is 6. The normalized spacial score (nSPS) is 39.5. The van der Waals surface area contributed by atoms with E-state index in [1.807, 2.05) is 0 Å². The first-order valence-corrected chi connectivity index (χ1v) is 27.1. The van der Waals surface area contributed by atoms with Crippen molar-refractivity contribution in [2.45, 2.75) is 311 Å². The molecular weight excluding hydrogens is 829 g/mol. The minimum atomic E-state index is 0.246. The van der Waals surface area contributed by atoms with Crippen LogP contribution >= 0.6 is 0 Å². The Bertz CT molecular complexity index is 1040. The number of ether oxygens (including phenoxy) is 6. The average Bonchev–Trinajstić information content (AvgIpc) is 3.21. The number of hydrogen-bond donors (Lipinski definition) is 6. The smallest absolute Gasteiger partial charge is 0.0701 e. The molecule has 0 saturated carbocycles. The molecule has 18 atom stereocenters. The van der Waals surface area contributed by atoms with Crippen LogP contribution < -0.4 is 34.4 Å². The molecule has 6 aliphatic rings. The van der Waals surface area contributed by atoms with Gasteiger partial charge in [0.2, 0.25) is 0 Å². The van der Waals surface area contributed by atoms with Crippen LogP contribution in [0.3, 0.4) is 0 Å². The quantitative estimate of drug-likeness (QED) is 0.147. The maximum absolute atomic E-state index is 5.87. The van der Waals surface area contributed by atoms with Gasteiger partial charge in [-0.2, -0.15) is 0 Å². The number of hydrogen-bond acceptors (Lipinski definition) is 12. The van der Waals surface area contributed by atoms with Gasteiger partial charge in [0, 0.05) is 36.3 Å². The lowest BCUT2D eigenvalue weighted by atomic mass is 9.93. The van der Waals surface area contributed by atoms with E-state index < -0.39 is 0 Å². The summed E-state index contributed by atoms with van der Waals surface area (Å²) in [5, 5.41) is 0. The highest BCUT2D eigenvalue weighted by molar-refractivity contribution is 4.84. The van der Waals surface area contributed by atoms with E-state index in [0.717, 1.165) is 77.0 Å². The zero-order valence-corrected chi connectivity index (χ0v) is 46.3. The van der Waals surface area contributed by atoms with Gasteiger partial charge in [-0.05, 0) is 154 Å². The van der Waals surface area contributed by atoms with E-state index in [9.17, 15) is 0 Å². The van der Waals surface area contributed by atoms with Crippen LogP contribution in [0, 0.1) is 35.5 Å². The van der Waals surface area contributed by atoms with Gasteiger partial charge in [0.05, 0.1) is 73.2 Å². The molecular formula is C54H114N6O6. The fourth-order valence-electron chi connectivity index (χ4n) is 9.56. The molecule has 6 unspecified atom stereocenters. The van der Waals surface area contributed by atoms with Crippen LogP contribution in [0.5, 0.6) is 0 Å². The Balaban J connectivity index is 0.000000396. The van der Waals surface area contributed by atoms with Crippen LogP contribution in [0.15, 0.2) is 0 Å². The summed E-state index contributed by atoms with van der Waals surface area (Å²) in [6.45, 7) is 38.9. The first-order valence-electron chi connectivity index (χ1n) is 27.1. The molecule has 0 aromatic carbocycles. The molecule has 6 heterocycles. The molecule has 66 heavy (non-hydrogen) atoms. The predicted molar refractivity (Wildman–Crippen MR) is 278 cm³/mol. The lowest BCUT2D eigenvalue weighted by Crippen LogP contribution is -2.43. The molecule has 0 aromatic rings. The van der Waals surface area contributed by atoms with Crippen LogP contribution in [0.25, 0.3) is 0 Å². The van der Waals surface area contributed by atoms with Gasteiger partial charge in [-0.1, -0.05) is 83.1 Å². The Morgan fingerprint density at radius 1 is 0.273 bits per heavy atom. The first-order chi connectivity index (χ1) is 30.6. The van der Waals surface area contributed by atoms with Crippen molar-refractivity contribution in [2.75, 3.05) is 0 Å². The molecule has 12 N–H and O–H groups in total. The van der Waals surface area contributed by atoms with Crippen molar-refractivity contribution in [2.24, 2.45) is 69.9 Å². The molecule has 0 spiro atoms. The maximum atomic E-state index is 5.87. The molecule has 6 rings (SSSR count). The van der Waals surface area contributed by atoms with E-state index in [2.05, 4.69) is 125 Å². The van der Waals surface area contributed by atoms with E-state index >= 15 is 0 Å². The Morgan fingerprint density at radius 3 is 0.621 bits per heavy atom. The van der Waals surface area contributed by atoms with Gasteiger partial charge in [0.1, 0.15) is 0 Å². The van der Waals surface area contributed by atoms with Gasteiger partial charge in [0.25, 0.3) is 0 Å². The zero-order valence-electron chi connectivity index (χ0n) is 46.3. The van der Waals surface area contributed by atoms with Gasteiger partial charge in [-0.15, -0.1) is 0 Å². The van der Waals surface area contributed by atoms with Crippen molar-refractivity contribution in [1.29, 1.82) is 0 Å². The van der Waals surface area contributed by atoms with Crippen molar-refractivity contribution in [3.8, 4) is 0 Å². The Labute approximate surface area is 408 Å². The monoisotopic (exact) mass is 943 g/mol. The summed E-state index contributed by atoms with van der Waals surface area (Å²) in [5.74, 6) is 3.69. The standard InChI is InChI=1S/6C9H19NO/c3*1-6(2)9-5-8(10)4-7(3)11-9;3*1-6(2)9-5-4-8(10)7(3)11-9/h6*6-9H,4-5,10H2,1-3H3/t2*7?,8-,9+;7?,8-,9-;7?,8-,9+;2*7?,8-,9-/m101010/s1. The van der Waals surface area contributed by atoms with Gasteiger partial charge in [-0.25, -0.2) is 0 Å². The predicted octanol–water partition coefficient (Wildman–Crippen LogP) is 9.22. The van der Waals surface area contributed by atoms with Gasteiger partial charge < -0.3 is 62.8 Å². The molecule has 0 aromatic heterocycles. The Kier molecular flexibility index (Phi) is 31.3. The Morgan fingerprint density at radius 2 is 0.470 bits per heavy atom. The fraction of sp³-hybridized carbons (Fsp3) is 1.00. The Hall–Kier alpha value is -0.480. The first kappa shape index (κ1) is 63.5. The third kappa shape index (κ3) is 25.6. The summed E-state index contributed by atoms with van der Waals surface area (Å²) in [4.78, 5) is 0. The van der Waals surface area contributed by atoms with E-state index in [-0.39, 0.29) is 36.4 Å². The maximum Gasteiger partial charge on any atom is 0.0701 e. The van der Waals surface area contributed by atoms with E-state index in [1.165, 1.54) is 0 Å². The molecule has 12 heteroatoms. The molecule has 0 aliphatic carbocycles. The van der Waals surface area contributed by atoms with Crippen LogP contribution in [-0.4, -0.2) is 109 Å².